The lowest BCUT2D eigenvalue weighted by atomic mass is 9.82. The number of allylic oxidation sites excluding steroid dienone is 1. The van der Waals surface area contributed by atoms with Gasteiger partial charge < -0.3 is 4.43 Å². The van der Waals surface area contributed by atoms with Crippen LogP contribution >= 0.6 is 0 Å². The van der Waals surface area contributed by atoms with Crippen LogP contribution in [-0.2, 0) is 4.43 Å². The van der Waals surface area contributed by atoms with E-state index in [1.54, 1.807) is 0 Å². The van der Waals surface area contributed by atoms with E-state index >= 15 is 0 Å². The second kappa shape index (κ2) is 5.89. The molecule has 1 aliphatic heterocycles. The molecule has 23 heavy (non-hydrogen) atoms. The van der Waals surface area contributed by atoms with Crippen LogP contribution in [0.25, 0.3) is 0 Å². The van der Waals surface area contributed by atoms with Gasteiger partial charge in [-0.2, -0.15) is 0 Å². The van der Waals surface area contributed by atoms with E-state index in [0.717, 1.165) is 6.04 Å². The zero-order valence-electron chi connectivity index (χ0n) is 16.2. The van der Waals surface area contributed by atoms with Gasteiger partial charge in [-0.15, -0.1) is 0 Å². The lowest BCUT2D eigenvalue weighted by Crippen LogP contribution is -2.55. The molecule has 0 unspecified atom stereocenters. The molecule has 1 aromatic rings. The molecule has 0 saturated carbocycles. The van der Waals surface area contributed by atoms with E-state index < -0.39 is 8.32 Å². The number of rotatable bonds is 1. The highest BCUT2D eigenvalue weighted by atomic mass is 28.4. The van der Waals surface area contributed by atoms with Crippen LogP contribution in [0.1, 0.15) is 67.1 Å². The molecule has 0 aliphatic carbocycles. The number of benzene rings is 1. The highest BCUT2D eigenvalue weighted by molar-refractivity contribution is 6.79. The summed E-state index contributed by atoms with van der Waals surface area (Å²) in [6, 6.07) is 11.9. The highest BCUT2D eigenvalue weighted by Gasteiger charge is 2.57. The fourth-order valence-corrected chi connectivity index (χ4v) is 9.80. The molecule has 1 atom stereocenters. The van der Waals surface area contributed by atoms with Gasteiger partial charge >= 0.3 is 0 Å². The molecule has 0 spiro atoms. The molecule has 0 amide bonds. The van der Waals surface area contributed by atoms with Crippen molar-refractivity contribution >= 4 is 8.32 Å². The third kappa shape index (κ3) is 3.34. The molecule has 2 heteroatoms. The zero-order valence-corrected chi connectivity index (χ0v) is 17.2. The molecule has 128 valence electrons. The first-order valence-corrected chi connectivity index (χ1v) is 10.9. The van der Waals surface area contributed by atoms with E-state index in [1.165, 1.54) is 5.56 Å². The monoisotopic (exact) mass is 330 g/mol. The topological polar surface area (TPSA) is 9.23 Å². The normalized spacial score (nSPS) is 24.3. The van der Waals surface area contributed by atoms with Crippen LogP contribution in [0, 0.1) is 5.41 Å². The van der Waals surface area contributed by atoms with Crippen LogP contribution < -0.4 is 0 Å². The average molecular weight is 331 g/mol. The van der Waals surface area contributed by atoms with Crippen molar-refractivity contribution in [3.63, 3.8) is 0 Å². The van der Waals surface area contributed by atoms with Crippen LogP contribution in [-0.4, -0.2) is 8.32 Å². The Balaban J connectivity index is 2.60. The summed E-state index contributed by atoms with van der Waals surface area (Å²) in [5, 5.41) is 0.367. The van der Waals surface area contributed by atoms with Crippen LogP contribution in [0.4, 0.5) is 0 Å². The molecule has 0 bridgehead atoms. The molecule has 0 aromatic heterocycles. The lowest BCUT2D eigenvalue weighted by molar-refractivity contribution is 0.0845. The van der Waals surface area contributed by atoms with E-state index in [4.69, 9.17) is 4.43 Å². The standard InChI is InChI=1S/C21H34OSi/c1-19(2,3)23(20(4,5)6)16-12-15-21(7,8)18(22-23)17-13-10-9-11-14-17/h9-15,18H,16H2,1-8H3/t18-/m1/s1. The summed E-state index contributed by atoms with van der Waals surface area (Å²) in [6.07, 6.45) is 4.91. The van der Waals surface area contributed by atoms with Crippen molar-refractivity contribution in [2.45, 2.75) is 77.6 Å². The minimum Gasteiger partial charge on any atom is -0.408 e. The van der Waals surface area contributed by atoms with E-state index in [1.807, 2.05) is 0 Å². The fourth-order valence-electron chi connectivity index (χ4n) is 4.23. The van der Waals surface area contributed by atoms with Gasteiger partial charge in [0.1, 0.15) is 0 Å². The quantitative estimate of drug-likeness (QED) is 0.402. The molecule has 0 fully saturated rings. The maximum atomic E-state index is 7.21. The van der Waals surface area contributed by atoms with E-state index in [9.17, 15) is 0 Å². The lowest BCUT2D eigenvalue weighted by Gasteiger charge is -2.52. The Hall–Kier alpha value is -0.863. The Morgan fingerprint density at radius 1 is 0.957 bits per heavy atom. The van der Waals surface area contributed by atoms with Gasteiger partial charge in [0.25, 0.3) is 0 Å². The Kier molecular flexibility index (Phi) is 4.73. The summed E-state index contributed by atoms with van der Waals surface area (Å²) in [6.45, 7) is 18.8. The third-order valence-corrected chi connectivity index (χ3v) is 11.8. The molecule has 1 aromatic carbocycles. The van der Waals surface area contributed by atoms with Crippen LogP contribution in [0.5, 0.6) is 0 Å². The molecular weight excluding hydrogens is 296 g/mol. The van der Waals surface area contributed by atoms with E-state index in [0.29, 0.717) is 0 Å². The second-order valence-corrected chi connectivity index (χ2v) is 15.0. The van der Waals surface area contributed by atoms with Crippen molar-refractivity contribution in [3.05, 3.63) is 48.0 Å². The summed E-state index contributed by atoms with van der Waals surface area (Å²) in [5.74, 6) is 0. The molecule has 0 radical (unpaired) electrons. The van der Waals surface area contributed by atoms with Crippen molar-refractivity contribution < 1.29 is 4.43 Å². The second-order valence-electron chi connectivity index (χ2n) is 9.66. The Labute approximate surface area is 144 Å². The Morgan fingerprint density at radius 3 is 1.96 bits per heavy atom. The van der Waals surface area contributed by atoms with E-state index in [-0.39, 0.29) is 21.6 Å². The minimum absolute atomic E-state index is 0.00655. The maximum absolute atomic E-state index is 7.21. The van der Waals surface area contributed by atoms with Gasteiger partial charge in [-0.05, 0) is 21.7 Å². The SMILES string of the molecule is CC1(C)C=CC[Si](C(C)(C)C)(C(C)(C)C)O[C@@H]1c1ccccc1. The van der Waals surface area contributed by atoms with Gasteiger partial charge in [-0.25, -0.2) is 0 Å². The van der Waals surface area contributed by atoms with E-state index in [2.05, 4.69) is 97.9 Å². The fraction of sp³-hybridized carbons (Fsp3) is 0.619. The minimum atomic E-state index is -2.06. The number of hydrogen-bond donors (Lipinski definition) is 0. The summed E-state index contributed by atoms with van der Waals surface area (Å²) >= 11 is 0. The zero-order chi connectivity index (χ0) is 17.5. The first kappa shape index (κ1) is 18.5. The number of hydrogen-bond acceptors (Lipinski definition) is 1. The van der Waals surface area contributed by atoms with Crippen molar-refractivity contribution in [1.29, 1.82) is 0 Å². The largest absolute Gasteiger partial charge is 0.408 e. The van der Waals surface area contributed by atoms with Crippen LogP contribution in [0.15, 0.2) is 42.5 Å². The Morgan fingerprint density at radius 2 is 1.48 bits per heavy atom. The predicted molar refractivity (Wildman–Crippen MR) is 103 cm³/mol. The van der Waals surface area contributed by atoms with Gasteiger partial charge in [0.15, 0.2) is 0 Å². The summed E-state index contributed by atoms with van der Waals surface area (Å²) in [7, 11) is -2.06. The summed E-state index contributed by atoms with van der Waals surface area (Å²) in [4.78, 5) is 0. The molecule has 0 N–H and O–H groups in total. The van der Waals surface area contributed by atoms with Gasteiger partial charge in [-0.1, -0.05) is 97.9 Å². The van der Waals surface area contributed by atoms with Crippen molar-refractivity contribution in [2.75, 3.05) is 0 Å². The molecule has 1 heterocycles. The van der Waals surface area contributed by atoms with Gasteiger partial charge in [0, 0.05) is 5.41 Å². The molecule has 0 saturated heterocycles. The molecule has 1 aliphatic rings. The van der Waals surface area contributed by atoms with Crippen molar-refractivity contribution in [1.82, 2.24) is 0 Å². The van der Waals surface area contributed by atoms with Gasteiger partial charge in [0.2, 0.25) is 8.32 Å². The van der Waals surface area contributed by atoms with Crippen molar-refractivity contribution in [3.8, 4) is 0 Å². The smallest absolute Gasteiger partial charge is 0.207 e. The summed E-state index contributed by atoms with van der Waals surface area (Å²) in [5.41, 5.74) is 1.31. The predicted octanol–water partition coefficient (Wildman–Crippen LogP) is 6.89. The van der Waals surface area contributed by atoms with Crippen molar-refractivity contribution in [2.24, 2.45) is 5.41 Å². The first-order chi connectivity index (χ1) is 10.4. The molecule has 2 rings (SSSR count). The third-order valence-electron chi connectivity index (χ3n) is 5.47. The molecular formula is C21H34OSi. The van der Waals surface area contributed by atoms with Gasteiger partial charge in [-0.3, -0.25) is 0 Å². The highest BCUT2D eigenvalue weighted by Crippen LogP contribution is 2.58. The van der Waals surface area contributed by atoms with Crippen LogP contribution in [0.3, 0.4) is 0 Å². The van der Waals surface area contributed by atoms with Crippen LogP contribution in [0.2, 0.25) is 16.1 Å². The van der Waals surface area contributed by atoms with Gasteiger partial charge in [0.05, 0.1) is 6.10 Å². The maximum Gasteiger partial charge on any atom is 0.207 e. The Bertz CT molecular complexity index is 544. The summed E-state index contributed by atoms with van der Waals surface area (Å²) < 4.78 is 7.21. The molecule has 1 nitrogen and oxygen atoms in total. The first-order valence-electron chi connectivity index (χ1n) is 8.81. The average Bonchev–Trinajstić information content (AvgIpc) is 2.55.